The Kier molecular flexibility index (Phi) is 7.58. The van der Waals surface area contributed by atoms with Crippen molar-refractivity contribution in [2.24, 2.45) is 17.8 Å². The van der Waals surface area contributed by atoms with Crippen molar-refractivity contribution in [3.05, 3.63) is 40.1 Å². The van der Waals surface area contributed by atoms with Crippen molar-refractivity contribution in [1.82, 2.24) is 24.7 Å². The lowest BCUT2D eigenvalue weighted by molar-refractivity contribution is -0.136. The van der Waals surface area contributed by atoms with Crippen molar-refractivity contribution in [2.45, 2.75) is 82.1 Å². The van der Waals surface area contributed by atoms with Crippen molar-refractivity contribution in [1.29, 1.82) is 0 Å². The second-order valence-corrected chi connectivity index (χ2v) is 12.8. The van der Waals surface area contributed by atoms with E-state index in [9.17, 15) is 18.0 Å². The van der Waals surface area contributed by atoms with Crippen LogP contribution in [0.3, 0.4) is 0 Å². The Bertz CT molecular complexity index is 1190. The van der Waals surface area contributed by atoms with E-state index >= 15 is 0 Å². The van der Waals surface area contributed by atoms with Gasteiger partial charge in [0.25, 0.3) is 0 Å². The van der Waals surface area contributed by atoms with Gasteiger partial charge >= 0.3 is 11.9 Å². The van der Waals surface area contributed by atoms with Crippen LogP contribution in [0, 0.1) is 17.8 Å². The molecule has 3 unspecified atom stereocenters. The lowest BCUT2D eigenvalue weighted by atomic mass is 9.66. The maximum Gasteiger partial charge on any atom is 0.418 e. The van der Waals surface area contributed by atoms with Crippen molar-refractivity contribution in [3.63, 3.8) is 0 Å². The van der Waals surface area contributed by atoms with E-state index in [1.807, 2.05) is 18.7 Å². The van der Waals surface area contributed by atoms with Crippen LogP contribution in [0.2, 0.25) is 0 Å². The minimum absolute atomic E-state index is 0.0370. The van der Waals surface area contributed by atoms with Gasteiger partial charge in [0.2, 0.25) is 0 Å². The number of thioether (sulfide) groups is 1. The fraction of sp³-hybridized carbons (Fsp3) is 0.741. The molecule has 5 atom stereocenters. The summed E-state index contributed by atoms with van der Waals surface area (Å²) < 4.78 is 51.1. The van der Waals surface area contributed by atoms with Crippen LogP contribution in [0.1, 0.15) is 69.0 Å². The summed E-state index contributed by atoms with van der Waals surface area (Å²) in [6.07, 6.45) is 6.15. The minimum Gasteiger partial charge on any atom is -0.376 e. The molecule has 4 aliphatic rings. The molecule has 4 heterocycles. The normalized spacial score (nSPS) is 30.5. The molecule has 7 nitrogen and oxygen atoms in total. The number of nitrogens with zero attached hydrogens (tertiary/aromatic N) is 3. The van der Waals surface area contributed by atoms with E-state index in [2.05, 4.69) is 15.8 Å². The van der Waals surface area contributed by atoms with Crippen molar-refractivity contribution in [3.8, 4) is 0 Å². The number of ether oxygens (including phenoxy) is 1. The SMILES string of the molecule is C[C@@H]1CN(Cc2cc(C(F)(F)F)c3cn(C4CCCC([C@H](C5CCC5)C5NNCS5)C4)c(=O)n3c2)CCO1. The van der Waals surface area contributed by atoms with Crippen LogP contribution in [0.4, 0.5) is 13.2 Å². The lowest BCUT2D eigenvalue weighted by Crippen LogP contribution is -2.45. The van der Waals surface area contributed by atoms with Gasteiger partial charge in [-0.1, -0.05) is 25.7 Å². The molecule has 210 valence electrons. The fourth-order valence-electron chi connectivity index (χ4n) is 7.16. The molecule has 0 amide bonds. The molecule has 38 heavy (non-hydrogen) atoms. The van der Waals surface area contributed by atoms with Gasteiger partial charge in [-0.2, -0.15) is 13.2 Å². The third-order valence-corrected chi connectivity index (χ3v) is 10.2. The molecule has 2 aromatic heterocycles. The number of hydrogen-bond acceptors (Lipinski definition) is 6. The molecule has 2 N–H and O–H groups in total. The standard InChI is InChI=1S/C27H38F3N5O2S/c1-17-12-33(8-9-37-17)13-18-10-22(27(28,29)30)23-15-34(26(36)35(23)14-18)21-7-3-6-20(11-21)24(19-4-2-5-19)25-32-31-16-38-25/h10,14-15,17,19-21,24-25,31-32H,2-9,11-13,16H2,1H3/t17-,20?,21?,24+,25?/m1/s1. The fourth-order valence-corrected chi connectivity index (χ4v) is 8.34. The average molecular weight is 554 g/mol. The number of fused-ring (bicyclic) bond motifs is 1. The molecule has 4 fully saturated rings. The zero-order valence-corrected chi connectivity index (χ0v) is 22.7. The summed E-state index contributed by atoms with van der Waals surface area (Å²) in [5.41, 5.74) is 6.09. The van der Waals surface area contributed by atoms with E-state index in [-0.39, 0.29) is 23.4 Å². The van der Waals surface area contributed by atoms with E-state index < -0.39 is 11.7 Å². The molecule has 0 spiro atoms. The molecule has 0 aromatic carbocycles. The number of rotatable bonds is 6. The molecule has 6 rings (SSSR count). The number of morpholine rings is 1. The lowest BCUT2D eigenvalue weighted by Gasteiger charge is -2.44. The predicted molar refractivity (Wildman–Crippen MR) is 142 cm³/mol. The molecule has 2 aliphatic carbocycles. The van der Waals surface area contributed by atoms with Gasteiger partial charge in [0.05, 0.1) is 35.0 Å². The topological polar surface area (TPSA) is 62.9 Å². The van der Waals surface area contributed by atoms with Crippen LogP contribution in [0.15, 0.2) is 23.3 Å². The largest absolute Gasteiger partial charge is 0.418 e. The highest BCUT2D eigenvalue weighted by Gasteiger charge is 2.42. The smallest absolute Gasteiger partial charge is 0.376 e. The first kappa shape index (κ1) is 26.7. The summed E-state index contributed by atoms with van der Waals surface area (Å²) in [4.78, 5) is 15.7. The van der Waals surface area contributed by atoms with E-state index in [0.717, 1.165) is 31.6 Å². The molecule has 0 radical (unpaired) electrons. The molecule has 0 bridgehead atoms. The Balaban J connectivity index is 1.30. The Morgan fingerprint density at radius 1 is 1.16 bits per heavy atom. The maximum atomic E-state index is 14.2. The number of imidazole rings is 1. The van der Waals surface area contributed by atoms with Gasteiger partial charge in [-0.3, -0.25) is 13.9 Å². The first-order valence-corrected chi connectivity index (χ1v) is 15.1. The number of hydrazine groups is 1. The number of pyridine rings is 1. The zero-order chi connectivity index (χ0) is 26.4. The highest BCUT2D eigenvalue weighted by molar-refractivity contribution is 8.00. The number of aromatic nitrogens is 2. The van der Waals surface area contributed by atoms with Crippen molar-refractivity contribution < 1.29 is 17.9 Å². The Morgan fingerprint density at radius 3 is 2.63 bits per heavy atom. The second-order valence-electron chi connectivity index (χ2n) is 11.7. The van der Waals surface area contributed by atoms with E-state index in [0.29, 0.717) is 54.9 Å². The molecular formula is C27H38F3N5O2S. The van der Waals surface area contributed by atoms with Gasteiger partial charge in [0.15, 0.2) is 0 Å². The van der Waals surface area contributed by atoms with Crippen LogP contribution in [-0.2, 0) is 17.5 Å². The van der Waals surface area contributed by atoms with Gasteiger partial charge in [0.1, 0.15) is 0 Å². The number of alkyl halides is 3. The number of nitrogens with one attached hydrogen (secondary N) is 2. The van der Waals surface area contributed by atoms with Crippen LogP contribution >= 0.6 is 11.8 Å². The summed E-state index contributed by atoms with van der Waals surface area (Å²) in [6.45, 7) is 4.20. The summed E-state index contributed by atoms with van der Waals surface area (Å²) in [7, 11) is 0. The highest BCUT2D eigenvalue weighted by Crippen LogP contribution is 2.48. The first-order valence-electron chi connectivity index (χ1n) is 14.0. The Labute approximate surface area is 225 Å². The van der Waals surface area contributed by atoms with E-state index in [1.165, 1.54) is 35.9 Å². The van der Waals surface area contributed by atoms with E-state index in [4.69, 9.17) is 4.74 Å². The molecule has 2 aliphatic heterocycles. The van der Waals surface area contributed by atoms with Crippen molar-refractivity contribution in [2.75, 3.05) is 25.6 Å². The Hall–Kier alpha value is -1.53. The van der Waals surface area contributed by atoms with Crippen LogP contribution in [-0.4, -0.2) is 50.9 Å². The van der Waals surface area contributed by atoms with Gasteiger partial charge in [-0.15, -0.1) is 11.8 Å². The molecule has 2 aromatic rings. The molecule has 2 saturated carbocycles. The number of hydrogen-bond donors (Lipinski definition) is 2. The summed E-state index contributed by atoms with van der Waals surface area (Å²) in [5.74, 6) is 2.56. The van der Waals surface area contributed by atoms with Gasteiger partial charge in [0, 0.05) is 38.1 Å². The average Bonchev–Trinajstić information content (AvgIpc) is 3.49. The summed E-state index contributed by atoms with van der Waals surface area (Å²) >= 11 is 1.91. The second kappa shape index (κ2) is 10.8. The summed E-state index contributed by atoms with van der Waals surface area (Å²) in [6, 6.07) is 1.15. The van der Waals surface area contributed by atoms with Gasteiger partial charge in [-0.25, -0.2) is 15.6 Å². The summed E-state index contributed by atoms with van der Waals surface area (Å²) in [5, 5.41) is 0.358. The first-order chi connectivity index (χ1) is 18.3. The highest BCUT2D eigenvalue weighted by atomic mass is 32.2. The maximum absolute atomic E-state index is 14.2. The van der Waals surface area contributed by atoms with Gasteiger partial charge < -0.3 is 4.74 Å². The molecular weight excluding hydrogens is 515 g/mol. The van der Waals surface area contributed by atoms with Crippen LogP contribution in [0.5, 0.6) is 0 Å². The minimum atomic E-state index is -4.54. The Morgan fingerprint density at radius 2 is 1.95 bits per heavy atom. The molecule has 11 heteroatoms. The van der Waals surface area contributed by atoms with Crippen molar-refractivity contribution >= 4 is 17.3 Å². The third kappa shape index (κ3) is 5.29. The van der Waals surface area contributed by atoms with Gasteiger partial charge in [-0.05, 0) is 55.6 Å². The van der Waals surface area contributed by atoms with Crippen LogP contribution in [0.25, 0.3) is 5.52 Å². The molecule has 2 saturated heterocycles. The van der Waals surface area contributed by atoms with Crippen LogP contribution < -0.4 is 16.5 Å². The third-order valence-electron chi connectivity index (χ3n) is 9.13. The monoisotopic (exact) mass is 553 g/mol. The quantitative estimate of drug-likeness (QED) is 0.545. The van der Waals surface area contributed by atoms with E-state index in [1.54, 1.807) is 10.8 Å². The predicted octanol–water partition coefficient (Wildman–Crippen LogP) is 4.61. The zero-order valence-electron chi connectivity index (χ0n) is 21.9. The number of halogens is 3.